The standard InChI is InChI=1S/C13H23N5O.ClH/c1-9(2)8-11(19)15-13-16-12(17-18(13)3)10-4-6-14-7-5-10;/h9-10,14H,4-8H2,1-3H3,(H,15,16,17,19);1H. The van der Waals surface area contributed by atoms with Gasteiger partial charge in [-0.2, -0.15) is 10.1 Å². The van der Waals surface area contributed by atoms with Crippen molar-refractivity contribution in [3.63, 3.8) is 0 Å². The van der Waals surface area contributed by atoms with Crippen LogP contribution >= 0.6 is 12.4 Å². The summed E-state index contributed by atoms with van der Waals surface area (Å²) >= 11 is 0. The molecule has 0 aliphatic carbocycles. The Balaban J connectivity index is 0.00000200. The quantitative estimate of drug-likeness (QED) is 0.888. The molecule has 7 heteroatoms. The van der Waals surface area contributed by atoms with Crippen LogP contribution in [0.1, 0.15) is 44.9 Å². The zero-order valence-electron chi connectivity index (χ0n) is 12.3. The van der Waals surface area contributed by atoms with Gasteiger partial charge in [0.1, 0.15) is 0 Å². The number of nitrogens with one attached hydrogen (secondary N) is 2. The second-order valence-corrected chi connectivity index (χ2v) is 5.59. The highest BCUT2D eigenvalue weighted by atomic mass is 35.5. The molecule has 0 aromatic carbocycles. The van der Waals surface area contributed by atoms with Gasteiger partial charge in [-0.15, -0.1) is 12.4 Å². The molecule has 1 amide bonds. The van der Waals surface area contributed by atoms with Gasteiger partial charge in [0.15, 0.2) is 5.82 Å². The number of hydrogen-bond donors (Lipinski definition) is 2. The van der Waals surface area contributed by atoms with Crippen LogP contribution in [0.2, 0.25) is 0 Å². The van der Waals surface area contributed by atoms with Crippen LogP contribution in [0, 0.1) is 5.92 Å². The topological polar surface area (TPSA) is 71.8 Å². The van der Waals surface area contributed by atoms with Crippen molar-refractivity contribution in [2.45, 2.75) is 39.0 Å². The molecule has 0 spiro atoms. The molecule has 0 atom stereocenters. The van der Waals surface area contributed by atoms with Crippen molar-refractivity contribution in [3.05, 3.63) is 5.82 Å². The maximum atomic E-state index is 11.8. The molecule has 1 aliphatic rings. The van der Waals surface area contributed by atoms with E-state index >= 15 is 0 Å². The van der Waals surface area contributed by atoms with Crippen LogP contribution in [-0.2, 0) is 11.8 Å². The predicted molar refractivity (Wildman–Crippen MR) is 81.2 cm³/mol. The van der Waals surface area contributed by atoms with E-state index in [2.05, 4.69) is 20.7 Å². The summed E-state index contributed by atoms with van der Waals surface area (Å²) in [7, 11) is 1.82. The number of piperidine rings is 1. The number of anilines is 1. The van der Waals surface area contributed by atoms with Crippen molar-refractivity contribution < 1.29 is 4.79 Å². The van der Waals surface area contributed by atoms with E-state index in [1.165, 1.54) is 0 Å². The molecule has 1 aliphatic heterocycles. The van der Waals surface area contributed by atoms with Crippen molar-refractivity contribution in [1.82, 2.24) is 20.1 Å². The molecule has 1 aromatic heterocycles. The van der Waals surface area contributed by atoms with Crippen LogP contribution in [0.15, 0.2) is 0 Å². The molecule has 1 fully saturated rings. The molecule has 1 saturated heterocycles. The Kier molecular flexibility index (Phi) is 6.42. The number of amides is 1. The molecule has 20 heavy (non-hydrogen) atoms. The van der Waals surface area contributed by atoms with E-state index in [-0.39, 0.29) is 18.3 Å². The van der Waals surface area contributed by atoms with Gasteiger partial charge in [0.05, 0.1) is 0 Å². The van der Waals surface area contributed by atoms with Crippen molar-refractivity contribution in [1.29, 1.82) is 0 Å². The number of aromatic nitrogens is 3. The van der Waals surface area contributed by atoms with E-state index in [1.807, 2.05) is 20.9 Å². The third kappa shape index (κ3) is 4.45. The average molecular weight is 302 g/mol. The Labute approximate surface area is 126 Å². The summed E-state index contributed by atoms with van der Waals surface area (Å²) in [6, 6.07) is 0. The van der Waals surface area contributed by atoms with Crippen LogP contribution in [0.25, 0.3) is 0 Å². The highest BCUT2D eigenvalue weighted by Gasteiger charge is 2.21. The van der Waals surface area contributed by atoms with Crippen LogP contribution in [0.4, 0.5) is 5.95 Å². The first-order chi connectivity index (χ1) is 9.06. The molecule has 0 unspecified atom stereocenters. The van der Waals surface area contributed by atoms with Crippen molar-refractivity contribution in [3.8, 4) is 0 Å². The normalized spacial score (nSPS) is 16.0. The number of carbonyl (C=O) groups excluding carboxylic acids is 1. The van der Waals surface area contributed by atoms with Gasteiger partial charge in [-0.3, -0.25) is 10.1 Å². The summed E-state index contributed by atoms with van der Waals surface area (Å²) in [5, 5.41) is 10.6. The van der Waals surface area contributed by atoms with Gasteiger partial charge >= 0.3 is 0 Å². The number of aryl methyl sites for hydroxylation is 1. The summed E-state index contributed by atoms with van der Waals surface area (Å²) < 4.78 is 1.66. The largest absolute Gasteiger partial charge is 0.317 e. The van der Waals surface area contributed by atoms with Crippen molar-refractivity contribution >= 4 is 24.3 Å². The van der Waals surface area contributed by atoms with E-state index < -0.39 is 0 Å². The van der Waals surface area contributed by atoms with Crippen molar-refractivity contribution in [2.24, 2.45) is 13.0 Å². The Morgan fingerprint density at radius 1 is 1.45 bits per heavy atom. The second-order valence-electron chi connectivity index (χ2n) is 5.59. The molecule has 0 bridgehead atoms. The number of halogens is 1. The first-order valence-electron chi connectivity index (χ1n) is 6.97. The molecule has 1 aromatic rings. The number of rotatable bonds is 4. The Morgan fingerprint density at radius 2 is 2.10 bits per heavy atom. The SMILES string of the molecule is CC(C)CC(=O)Nc1nc(C2CCNCC2)nn1C.Cl. The molecule has 2 N–H and O–H groups in total. The van der Waals surface area contributed by atoms with Gasteiger partial charge in [-0.25, -0.2) is 4.68 Å². The zero-order chi connectivity index (χ0) is 13.8. The minimum atomic E-state index is 0. The lowest BCUT2D eigenvalue weighted by Crippen LogP contribution is -2.27. The fourth-order valence-corrected chi connectivity index (χ4v) is 2.31. The van der Waals surface area contributed by atoms with E-state index in [9.17, 15) is 4.79 Å². The van der Waals surface area contributed by atoms with E-state index in [0.717, 1.165) is 31.8 Å². The maximum Gasteiger partial charge on any atom is 0.227 e. The number of carbonyl (C=O) groups is 1. The average Bonchev–Trinajstić information content (AvgIpc) is 2.71. The first-order valence-corrected chi connectivity index (χ1v) is 6.97. The van der Waals surface area contributed by atoms with E-state index in [0.29, 0.717) is 24.2 Å². The molecule has 2 rings (SSSR count). The van der Waals surface area contributed by atoms with Crippen LogP contribution in [0.3, 0.4) is 0 Å². The number of hydrogen-bond acceptors (Lipinski definition) is 4. The Morgan fingerprint density at radius 3 is 2.70 bits per heavy atom. The highest BCUT2D eigenvalue weighted by molar-refractivity contribution is 5.89. The van der Waals surface area contributed by atoms with Crippen LogP contribution in [-0.4, -0.2) is 33.8 Å². The number of nitrogens with zero attached hydrogens (tertiary/aromatic N) is 3. The molecule has 0 radical (unpaired) electrons. The molecule has 0 saturated carbocycles. The molecule has 6 nitrogen and oxygen atoms in total. The van der Waals surface area contributed by atoms with Crippen molar-refractivity contribution in [2.75, 3.05) is 18.4 Å². The minimum absolute atomic E-state index is 0. The fourth-order valence-electron chi connectivity index (χ4n) is 2.31. The summed E-state index contributed by atoms with van der Waals surface area (Å²) in [6.45, 7) is 6.07. The van der Waals surface area contributed by atoms with Crippen LogP contribution in [0.5, 0.6) is 0 Å². The predicted octanol–water partition coefficient (Wildman–Crippen LogP) is 1.69. The lowest BCUT2D eigenvalue weighted by atomic mass is 9.98. The van der Waals surface area contributed by atoms with Gasteiger partial charge < -0.3 is 5.32 Å². The smallest absolute Gasteiger partial charge is 0.227 e. The van der Waals surface area contributed by atoms with E-state index in [4.69, 9.17) is 0 Å². The van der Waals surface area contributed by atoms with E-state index in [1.54, 1.807) is 4.68 Å². The van der Waals surface area contributed by atoms with Gasteiger partial charge in [0.25, 0.3) is 0 Å². The minimum Gasteiger partial charge on any atom is -0.317 e. The second kappa shape index (κ2) is 7.59. The third-order valence-electron chi connectivity index (χ3n) is 3.33. The molecule has 114 valence electrons. The van der Waals surface area contributed by atoms with Gasteiger partial charge in [-0.05, 0) is 31.8 Å². The maximum absolute atomic E-state index is 11.8. The summed E-state index contributed by atoms with van der Waals surface area (Å²) in [5.41, 5.74) is 0. The third-order valence-corrected chi connectivity index (χ3v) is 3.33. The lowest BCUT2D eigenvalue weighted by molar-refractivity contribution is -0.116. The molecular weight excluding hydrogens is 278 g/mol. The highest BCUT2D eigenvalue weighted by Crippen LogP contribution is 2.23. The summed E-state index contributed by atoms with van der Waals surface area (Å²) in [5.74, 6) is 2.16. The zero-order valence-corrected chi connectivity index (χ0v) is 13.2. The Hall–Kier alpha value is -1.14. The van der Waals surface area contributed by atoms with Gasteiger partial charge in [0.2, 0.25) is 11.9 Å². The summed E-state index contributed by atoms with van der Waals surface area (Å²) in [6.07, 6.45) is 2.63. The lowest BCUT2D eigenvalue weighted by Gasteiger charge is -2.19. The molecule has 2 heterocycles. The monoisotopic (exact) mass is 301 g/mol. The Bertz CT molecular complexity index is 440. The first kappa shape index (κ1) is 16.9. The van der Waals surface area contributed by atoms with Crippen LogP contribution < -0.4 is 10.6 Å². The van der Waals surface area contributed by atoms with Gasteiger partial charge in [-0.1, -0.05) is 13.8 Å². The molecular formula is C13H24ClN5O. The van der Waals surface area contributed by atoms with Gasteiger partial charge in [0, 0.05) is 19.4 Å². The fraction of sp³-hybridized carbons (Fsp3) is 0.769. The summed E-state index contributed by atoms with van der Waals surface area (Å²) in [4.78, 5) is 16.2.